The van der Waals surface area contributed by atoms with Crippen molar-refractivity contribution >= 4 is 23.6 Å². The third-order valence-electron chi connectivity index (χ3n) is 1.04. The predicted molar refractivity (Wildman–Crippen MR) is 34.0 cm³/mol. The minimum Gasteiger partial charge on any atom is -0.545 e. The molecule has 52 valence electrons. The van der Waals surface area contributed by atoms with Gasteiger partial charge in [-0.1, -0.05) is 0 Å². The first-order valence-electron chi connectivity index (χ1n) is 2.48. The van der Waals surface area contributed by atoms with E-state index in [4.69, 9.17) is 0 Å². The summed E-state index contributed by atoms with van der Waals surface area (Å²) in [7, 11) is 0. The molecule has 0 spiro atoms. The van der Waals surface area contributed by atoms with Gasteiger partial charge in [-0.2, -0.15) is 11.3 Å². The van der Waals surface area contributed by atoms with Crippen molar-refractivity contribution in [3.8, 4) is 0 Å². The van der Waals surface area contributed by atoms with Gasteiger partial charge in [0.15, 0.2) is 6.29 Å². The van der Waals surface area contributed by atoms with Gasteiger partial charge in [-0.05, 0) is 0 Å². The second-order valence-electron chi connectivity index (χ2n) is 1.65. The van der Waals surface area contributed by atoms with Gasteiger partial charge in [-0.3, -0.25) is 4.79 Å². The summed E-state index contributed by atoms with van der Waals surface area (Å²) in [6.45, 7) is 0. The first kappa shape index (κ1) is 6.95. The van der Waals surface area contributed by atoms with Crippen molar-refractivity contribution in [2.45, 2.75) is 0 Å². The largest absolute Gasteiger partial charge is 0.545 e. The SMILES string of the molecule is O=Cc1cscc1C(=O)[O-]. The molecule has 0 aliphatic rings. The van der Waals surface area contributed by atoms with Gasteiger partial charge in [0.2, 0.25) is 0 Å². The summed E-state index contributed by atoms with van der Waals surface area (Å²) in [5.41, 5.74) is 0.157. The van der Waals surface area contributed by atoms with Gasteiger partial charge in [-0.15, -0.1) is 0 Å². The van der Waals surface area contributed by atoms with Crippen molar-refractivity contribution in [3.05, 3.63) is 21.9 Å². The average molecular weight is 155 g/mol. The summed E-state index contributed by atoms with van der Waals surface area (Å²) in [5, 5.41) is 13.0. The molecular formula is C6H3O3S-. The summed E-state index contributed by atoms with van der Waals surface area (Å²) < 4.78 is 0. The summed E-state index contributed by atoms with van der Waals surface area (Å²) in [6.07, 6.45) is 0.502. The van der Waals surface area contributed by atoms with Crippen LogP contribution in [0.2, 0.25) is 0 Å². The summed E-state index contributed by atoms with van der Waals surface area (Å²) in [6, 6.07) is 0. The molecular weight excluding hydrogens is 152 g/mol. The molecule has 0 radical (unpaired) electrons. The number of hydrogen-bond donors (Lipinski definition) is 0. The fraction of sp³-hybridized carbons (Fsp3) is 0. The molecule has 3 nitrogen and oxygen atoms in total. The molecule has 10 heavy (non-hydrogen) atoms. The van der Waals surface area contributed by atoms with Gasteiger partial charge in [0.05, 0.1) is 5.97 Å². The Morgan fingerprint density at radius 3 is 2.70 bits per heavy atom. The predicted octanol–water partition coefficient (Wildman–Crippen LogP) is -0.0759. The van der Waals surface area contributed by atoms with Gasteiger partial charge in [-0.25, -0.2) is 0 Å². The van der Waals surface area contributed by atoms with Crippen LogP contribution >= 0.6 is 11.3 Å². The maximum Gasteiger partial charge on any atom is 0.151 e. The Kier molecular flexibility index (Phi) is 1.82. The summed E-state index contributed by atoms with van der Waals surface area (Å²) >= 11 is 1.17. The van der Waals surface area contributed by atoms with E-state index in [9.17, 15) is 14.7 Å². The van der Waals surface area contributed by atoms with E-state index in [1.807, 2.05) is 0 Å². The molecule has 0 aliphatic heterocycles. The molecule has 0 bridgehead atoms. The monoisotopic (exact) mass is 155 g/mol. The Morgan fingerprint density at radius 2 is 2.30 bits per heavy atom. The van der Waals surface area contributed by atoms with E-state index in [-0.39, 0.29) is 11.1 Å². The molecule has 1 aromatic heterocycles. The van der Waals surface area contributed by atoms with Crippen molar-refractivity contribution in [1.82, 2.24) is 0 Å². The third kappa shape index (κ3) is 1.06. The lowest BCUT2D eigenvalue weighted by atomic mass is 10.2. The van der Waals surface area contributed by atoms with Crippen molar-refractivity contribution in [2.75, 3.05) is 0 Å². The Labute approximate surface area is 60.9 Å². The van der Waals surface area contributed by atoms with E-state index >= 15 is 0 Å². The molecule has 0 N–H and O–H groups in total. The smallest absolute Gasteiger partial charge is 0.151 e. The molecule has 4 heteroatoms. The molecule has 0 saturated carbocycles. The number of carboxylic acids is 1. The zero-order valence-corrected chi connectivity index (χ0v) is 5.68. The Balaban J connectivity index is 3.13. The van der Waals surface area contributed by atoms with Crippen molar-refractivity contribution in [1.29, 1.82) is 0 Å². The van der Waals surface area contributed by atoms with Gasteiger partial charge < -0.3 is 9.90 Å². The molecule has 1 heterocycles. The van der Waals surface area contributed by atoms with Crippen LogP contribution < -0.4 is 5.11 Å². The van der Waals surface area contributed by atoms with E-state index in [1.165, 1.54) is 22.1 Å². The van der Waals surface area contributed by atoms with Gasteiger partial charge >= 0.3 is 0 Å². The fourth-order valence-electron chi connectivity index (χ4n) is 0.564. The van der Waals surface area contributed by atoms with Gasteiger partial charge in [0, 0.05) is 21.9 Å². The molecule has 0 atom stereocenters. The number of carbonyl (C=O) groups is 2. The third-order valence-corrected chi connectivity index (χ3v) is 1.80. The van der Waals surface area contributed by atoms with Crippen LogP contribution in [-0.2, 0) is 0 Å². The van der Waals surface area contributed by atoms with Gasteiger partial charge in [0.1, 0.15) is 0 Å². The minimum absolute atomic E-state index is 0.0278. The topological polar surface area (TPSA) is 57.2 Å². The Hall–Kier alpha value is -1.16. The highest BCUT2D eigenvalue weighted by Crippen LogP contribution is 2.11. The maximum atomic E-state index is 10.2. The molecule has 0 saturated heterocycles. The maximum absolute atomic E-state index is 10.2. The van der Waals surface area contributed by atoms with Crippen molar-refractivity contribution < 1.29 is 14.7 Å². The van der Waals surface area contributed by atoms with Gasteiger partial charge in [0.25, 0.3) is 0 Å². The van der Waals surface area contributed by atoms with Crippen LogP contribution in [-0.4, -0.2) is 12.3 Å². The second kappa shape index (κ2) is 2.62. The lowest BCUT2D eigenvalue weighted by molar-refractivity contribution is -0.255. The normalized spacial score (nSPS) is 9.20. The molecule has 0 fully saturated rings. The first-order chi connectivity index (χ1) is 4.75. The van der Waals surface area contributed by atoms with Crippen LogP contribution in [0.25, 0.3) is 0 Å². The number of thiophene rings is 1. The Bertz CT molecular complexity index is 264. The van der Waals surface area contributed by atoms with E-state index in [2.05, 4.69) is 0 Å². The number of aromatic carboxylic acids is 1. The van der Waals surface area contributed by atoms with Crippen molar-refractivity contribution in [3.63, 3.8) is 0 Å². The van der Waals surface area contributed by atoms with Crippen LogP contribution in [0, 0.1) is 0 Å². The molecule has 0 amide bonds. The summed E-state index contributed by atoms with van der Waals surface area (Å²) in [4.78, 5) is 20.3. The highest BCUT2D eigenvalue weighted by Gasteiger charge is 2.01. The minimum atomic E-state index is -1.30. The number of carboxylic acid groups (broad SMARTS) is 1. The quantitative estimate of drug-likeness (QED) is 0.561. The lowest BCUT2D eigenvalue weighted by Crippen LogP contribution is -2.22. The molecule has 0 aliphatic carbocycles. The average Bonchev–Trinajstić information content (AvgIpc) is 2.33. The highest BCUT2D eigenvalue weighted by atomic mass is 32.1. The van der Waals surface area contributed by atoms with Crippen LogP contribution in [0.3, 0.4) is 0 Å². The second-order valence-corrected chi connectivity index (χ2v) is 2.39. The lowest BCUT2D eigenvalue weighted by Gasteiger charge is -1.96. The standard InChI is InChI=1S/C6H4O3S/c7-1-4-2-10-3-5(4)6(8)9/h1-3H,(H,8,9)/p-1. The Morgan fingerprint density at radius 1 is 1.60 bits per heavy atom. The van der Waals surface area contributed by atoms with E-state index in [1.54, 1.807) is 0 Å². The number of carbonyl (C=O) groups excluding carboxylic acids is 2. The summed E-state index contributed by atoms with van der Waals surface area (Å²) in [5.74, 6) is -1.30. The van der Waals surface area contributed by atoms with Crippen LogP contribution in [0.5, 0.6) is 0 Å². The molecule has 1 aromatic rings. The number of hydrogen-bond acceptors (Lipinski definition) is 4. The molecule has 0 aromatic carbocycles. The fourth-order valence-corrected chi connectivity index (χ4v) is 1.33. The molecule has 1 rings (SSSR count). The van der Waals surface area contributed by atoms with Crippen LogP contribution in [0.1, 0.15) is 20.7 Å². The zero-order chi connectivity index (χ0) is 7.56. The van der Waals surface area contributed by atoms with Crippen LogP contribution in [0.15, 0.2) is 10.8 Å². The van der Waals surface area contributed by atoms with Crippen LogP contribution in [0.4, 0.5) is 0 Å². The van der Waals surface area contributed by atoms with E-state index in [0.29, 0.717) is 6.29 Å². The van der Waals surface area contributed by atoms with E-state index < -0.39 is 5.97 Å². The highest BCUT2D eigenvalue weighted by molar-refractivity contribution is 7.08. The molecule has 0 unspecified atom stereocenters. The van der Waals surface area contributed by atoms with Crippen molar-refractivity contribution in [2.24, 2.45) is 0 Å². The first-order valence-corrected chi connectivity index (χ1v) is 3.42. The number of aldehydes is 1. The van der Waals surface area contributed by atoms with E-state index in [0.717, 1.165) is 0 Å². The zero-order valence-electron chi connectivity index (χ0n) is 4.87. The number of rotatable bonds is 2.